The van der Waals surface area contributed by atoms with Crippen molar-refractivity contribution in [3.63, 3.8) is 0 Å². The zero-order valence-corrected chi connectivity index (χ0v) is 13.0. The predicted octanol–water partition coefficient (Wildman–Crippen LogP) is 3.97. The summed E-state index contributed by atoms with van der Waals surface area (Å²) in [6.07, 6.45) is 3.35. The molecule has 21 heavy (non-hydrogen) atoms. The van der Waals surface area contributed by atoms with Crippen molar-refractivity contribution in [1.82, 2.24) is 0 Å². The van der Waals surface area contributed by atoms with Crippen LogP contribution in [0.15, 0.2) is 42.5 Å². The second-order valence-corrected chi connectivity index (χ2v) is 6.24. The van der Waals surface area contributed by atoms with Crippen LogP contribution in [0, 0.1) is 6.92 Å². The van der Waals surface area contributed by atoms with Gasteiger partial charge in [0.15, 0.2) is 0 Å². The minimum Gasteiger partial charge on any atom is -0.341 e. The van der Waals surface area contributed by atoms with E-state index in [1.165, 1.54) is 40.9 Å². The van der Waals surface area contributed by atoms with E-state index in [-0.39, 0.29) is 6.04 Å². The fourth-order valence-electron chi connectivity index (χ4n) is 3.18. The van der Waals surface area contributed by atoms with Crippen LogP contribution in [0.25, 0.3) is 0 Å². The summed E-state index contributed by atoms with van der Waals surface area (Å²) >= 11 is 0. The Morgan fingerprint density at radius 3 is 2.62 bits per heavy atom. The largest absolute Gasteiger partial charge is 0.341 e. The van der Waals surface area contributed by atoms with E-state index in [0.717, 1.165) is 13.0 Å². The Balaban J connectivity index is 1.88. The molecular weight excluding hydrogens is 256 g/mol. The molecule has 0 amide bonds. The van der Waals surface area contributed by atoms with E-state index in [1.54, 1.807) is 0 Å². The standard InChI is InChI=1S/C19H24N2/c1-14-5-10-19-17(12-14)4-3-11-21(19)18-8-6-16(7-9-18)13-15(2)20/h5-10,12,15H,3-4,11,13,20H2,1-2H3. The molecule has 0 spiro atoms. The molecule has 2 nitrogen and oxygen atoms in total. The van der Waals surface area contributed by atoms with Crippen molar-refractivity contribution >= 4 is 11.4 Å². The molecular formula is C19H24N2. The number of anilines is 2. The first-order valence-electron chi connectivity index (χ1n) is 7.85. The van der Waals surface area contributed by atoms with Crippen LogP contribution in [-0.4, -0.2) is 12.6 Å². The lowest BCUT2D eigenvalue weighted by atomic mass is 9.98. The Morgan fingerprint density at radius 2 is 1.90 bits per heavy atom. The number of hydrogen-bond acceptors (Lipinski definition) is 2. The van der Waals surface area contributed by atoms with Gasteiger partial charge in [-0.1, -0.05) is 29.8 Å². The van der Waals surface area contributed by atoms with Crippen molar-refractivity contribution in [3.05, 3.63) is 59.2 Å². The van der Waals surface area contributed by atoms with E-state index in [2.05, 4.69) is 61.2 Å². The Kier molecular flexibility index (Phi) is 3.98. The molecule has 0 bridgehead atoms. The minimum absolute atomic E-state index is 0.217. The van der Waals surface area contributed by atoms with Crippen LogP contribution < -0.4 is 10.6 Å². The van der Waals surface area contributed by atoms with Gasteiger partial charge in [-0.3, -0.25) is 0 Å². The number of nitrogens with two attached hydrogens (primary N) is 1. The van der Waals surface area contributed by atoms with Crippen molar-refractivity contribution in [1.29, 1.82) is 0 Å². The zero-order chi connectivity index (χ0) is 14.8. The van der Waals surface area contributed by atoms with Crippen molar-refractivity contribution in [2.45, 2.75) is 39.2 Å². The van der Waals surface area contributed by atoms with Gasteiger partial charge in [-0.15, -0.1) is 0 Å². The van der Waals surface area contributed by atoms with E-state index in [1.807, 2.05) is 0 Å². The number of fused-ring (bicyclic) bond motifs is 1. The highest BCUT2D eigenvalue weighted by molar-refractivity contribution is 5.68. The van der Waals surface area contributed by atoms with Crippen LogP contribution in [0.5, 0.6) is 0 Å². The molecule has 2 aromatic rings. The fraction of sp³-hybridized carbons (Fsp3) is 0.368. The van der Waals surface area contributed by atoms with Crippen molar-refractivity contribution in [3.8, 4) is 0 Å². The molecule has 0 saturated heterocycles. The van der Waals surface area contributed by atoms with Crippen molar-refractivity contribution < 1.29 is 0 Å². The normalized spacial score (nSPS) is 15.7. The predicted molar refractivity (Wildman–Crippen MR) is 90.3 cm³/mol. The number of benzene rings is 2. The third-order valence-corrected chi connectivity index (χ3v) is 4.16. The van der Waals surface area contributed by atoms with Gasteiger partial charge < -0.3 is 10.6 Å². The quantitative estimate of drug-likeness (QED) is 0.921. The molecule has 2 N–H and O–H groups in total. The molecule has 0 fully saturated rings. The third-order valence-electron chi connectivity index (χ3n) is 4.16. The lowest BCUT2D eigenvalue weighted by Crippen LogP contribution is -2.24. The van der Waals surface area contributed by atoms with Crippen LogP contribution in [-0.2, 0) is 12.8 Å². The lowest BCUT2D eigenvalue weighted by molar-refractivity contribution is 0.737. The SMILES string of the molecule is Cc1ccc2c(c1)CCCN2c1ccc(CC(C)N)cc1. The summed E-state index contributed by atoms with van der Waals surface area (Å²) in [5.41, 5.74) is 12.7. The van der Waals surface area contributed by atoms with Gasteiger partial charge in [-0.05, 0) is 62.4 Å². The summed E-state index contributed by atoms with van der Waals surface area (Å²) in [4.78, 5) is 2.44. The van der Waals surface area contributed by atoms with Crippen LogP contribution in [0.4, 0.5) is 11.4 Å². The average Bonchev–Trinajstić information content (AvgIpc) is 2.46. The highest BCUT2D eigenvalue weighted by Crippen LogP contribution is 2.34. The molecule has 2 aromatic carbocycles. The molecule has 1 heterocycles. The highest BCUT2D eigenvalue weighted by Gasteiger charge is 2.18. The maximum atomic E-state index is 5.87. The van der Waals surface area contributed by atoms with Crippen molar-refractivity contribution in [2.75, 3.05) is 11.4 Å². The van der Waals surface area contributed by atoms with E-state index in [0.29, 0.717) is 0 Å². The molecule has 0 radical (unpaired) electrons. The zero-order valence-electron chi connectivity index (χ0n) is 13.0. The van der Waals surface area contributed by atoms with Crippen LogP contribution in [0.3, 0.4) is 0 Å². The molecule has 0 saturated carbocycles. The molecule has 0 aliphatic carbocycles. The summed E-state index contributed by atoms with van der Waals surface area (Å²) in [6.45, 7) is 5.32. The summed E-state index contributed by atoms with van der Waals surface area (Å²) in [5, 5.41) is 0. The highest BCUT2D eigenvalue weighted by atomic mass is 15.1. The van der Waals surface area contributed by atoms with Crippen LogP contribution in [0.1, 0.15) is 30.0 Å². The molecule has 1 atom stereocenters. The van der Waals surface area contributed by atoms with Gasteiger partial charge in [0.1, 0.15) is 0 Å². The number of rotatable bonds is 3. The van der Waals surface area contributed by atoms with Crippen molar-refractivity contribution in [2.24, 2.45) is 5.73 Å². The molecule has 3 rings (SSSR count). The van der Waals surface area contributed by atoms with Gasteiger partial charge in [0.25, 0.3) is 0 Å². The average molecular weight is 280 g/mol. The summed E-state index contributed by atoms with van der Waals surface area (Å²) in [6, 6.07) is 15.9. The molecule has 1 unspecified atom stereocenters. The fourth-order valence-corrected chi connectivity index (χ4v) is 3.18. The molecule has 0 aromatic heterocycles. The van der Waals surface area contributed by atoms with Gasteiger partial charge in [0.05, 0.1) is 0 Å². The maximum absolute atomic E-state index is 5.87. The van der Waals surface area contributed by atoms with Gasteiger partial charge in [-0.25, -0.2) is 0 Å². The number of aryl methyl sites for hydroxylation is 2. The first-order chi connectivity index (χ1) is 10.1. The Morgan fingerprint density at radius 1 is 1.14 bits per heavy atom. The summed E-state index contributed by atoms with van der Waals surface area (Å²) in [5.74, 6) is 0. The Hall–Kier alpha value is -1.80. The smallest absolute Gasteiger partial charge is 0.0443 e. The second-order valence-electron chi connectivity index (χ2n) is 6.24. The Bertz CT molecular complexity index is 614. The number of hydrogen-bond donors (Lipinski definition) is 1. The molecule has 2 heteroatoms. The maximum Gasteiger partial charge on any atom is 0.0443 e. The van der Waals surface area contributed by atoms with E-state index in [4.69, 9.17) is 5.73 Å². The first kappa shape index (κ1) is 14.2. The molecule has 1 aliphatic rings. The van der Waals surface area contributed by atoms with Crippen LogP contribution >= 0.6 is 0 Å². The first-order valence-corrected chi connectivity index (χ1v) is 7.85. The monoisotopic (exact) mass is 280 g/mol. The molecule has 110 valence electrons. The minimum atomic E-state index is 0.217. The molecule has 1 aliphatic heterocycles. The van der Waals surface area contributed by atoms with Gasteiger partial charge in [0, 0.05) is 24.0 Å². The summed E-state index contributed by atoms with van der Waals surface area (Å²) < 4.78 is 0. The number of nitrogens with zero attached hydrogens (tertiary/aromatic N) is 1. The lowest BCUT2D eigenvalue weighted by Gasteiger charge is -2.31. The summed E-state index contributed by atoms with van der Waals surface area (Å²) in [7, 11) is 0. The topological polar surface area (TPSA) is 29.3 Å². The van der Waals surface area contributed by atoms with E-state index >= 15 is 0 Å². The van der Waals surface area contributed by atoms with E-state index < -0.39 is 0 Å². The van der Waals surface area contributed by atoms with Crippen LogP contribution in [0.2, 0.25) is 0 Å². The van der Waals surface area contributed by atoms with Gasteiger partial charge in [-0.2, -0.15) is 0 Å². The second kappa shape index (κ2) is 5.90. The van der Waals surface area contributed by atoms with Gasteiger partial charge in [0.2, 0.25) is 0 Å². The third kappa shape index (κ3) is 3.11. The van der Waals surface area contributed by atoms with Gasteiger partial charge >= 0.3 is 0 Å². The Labute approximate surface area is 127 Å². The van der Waals surface area contributed by atoms with E-state index in [9.17, 15) is 0 Å².